The van der Waals surface area contributed by atoms with E-state index in [-0.39, 0.29) is 0 Å². The van der Waals surface area contributed by atoms with Gasteiger partial charge >= 0.3 is 0 Å². The summed E-state index contributed by atoms with van der Waals surface area (Å²) in [5.41, 5.74) is 5.10. The molecule has 0 aliphatic heterocycles. The van der Waals surface area contributed by atoms with Gasteiger partial charge in [-0.1, -0.05) is 30.3 Å². The lowest BCUT2D eigenvalue weighted by molar-refractivity contribution is 1.10. The summed E-state index contributed by atoms with van der Waals surface area (Å²) >= 11 is 0. The minimum absolute atomic E-state index is 0.807. The van der Waals surface area contributed by atoms with Gasteiger partial charge in [0, 0.05) is 5.39 Å². The zero-order chi connectivity index (χ0) is 12.8. The summed E-state index contributed by atoms with van der Waals surface area (Å²) < 4.78 is 0. The fraction of sp³-hybridized carbons (Fsp3) is 0.0667. The van der Waals surface area contributed by atoms with Crippen LogP contribution in [0.1, 0.15) is 5.56 Å². The van der Waals surface area contributed by atoms with E-state index in [9.17, 15) is 0 Å². The lowest BCUT2D eigenvalue weighted by atomic mass is 10.2. The van der Waals surface area contributed by atoms with Crippen LogP contribution in [0, 0.1) is 6.92 Å². The predicted octanol–water partition coefficient (Wildman–Crippen LogP) is 3.41. The Morgan fingerprint density at radius 1 is 0.947 bits per heavy atom. The van der Waals surface area contributed by atoms with Gasteiger partial charge in [0.15, 0.2) is 5.82 Å². The fourth-order valence-electron chi connectivity index (χ4n) is 2.43. The third kappa shape index (κ3) is 1.46. The smallest absolute Gasteiger partial charge is 0.159 e. The van der Waals surface area contributed by atoms with Crippen LogP contribution in [0.15, 0.2) is 42.5 Å². The molecule has 0 aliphatic carbocycles. The summed E-state index contributed by atoms with van der Waals surface area (Å²) in [6.07, 6.45) is 0. The van der Waals surface area contributed by atoms with Crippen LogP contribution in [0.2, 0.25) is 0 Å². The second-order valence-electron chi connectivity index (χ2n) is 4.67. The van der Waals surface area contributed by atoms with Crippen molar-refractivity contribution in [1.82, 2.24) is 20.2 Å². The van der Waals surface area contributed by atoms with Crippen molar-refractivity contribution < 1.29 is 0 Å². The van der Waals surface area contributed by atoms with Gasteiger partial charge in [0.25, 0.3) is 0 Å². The van der Waals surface area contributed by atoms with E-state index < -0.39 is 0 Å². The van der Waals surface area contributed by atoms with E-state index in [1.54, 1.807) is 0 Å². The Morgan fingerprint density at radius 2 is 1.79 bits per heavy atom. The molecule has 0 saturated carbocycles. The summed E-state index contributed by atoms with van der Waals surface area (Å²) in [7, 11) is 0. The Morgan fingerprint density at radius 3 is 2.68 bits per heavy atom. The minimum Gasteiger partial charge on any atom is -0.337 e. The van der Waals surface area contributed by atoms with Crippen LogP contribution in [0.3, 0.4) is 0 Å². The maximum Gasteiger partial charge on any atom is 0.159 e. The molecule has 2 heterocycles. The molecule has 0 radical (unpaired) electrons. The number of benzene rings is 2. The third-order valence-corrected chi connectivity index (χ3v) is 3.41. The van der Waals surface area contributed by atoms with Crippen molar-refractivity contribution in [3.63, 3.8) is 0 Å². The quantitative estimate of drug-likeness (QED) is 0.542. The Labute approximate surface area is 109 Å². The van der Waals surface area contributed by atoms with Crippen LogP contribution >= 0.6 is 0 Å². The highest BCUT2D eigenvalue weighted by molar-refractivity contribution is 5.93. The van der Waals surface area contributed by atoms with Crippen LogP contribution in [-0.4, -0.2) is 20.2 Å². The molecule has 0 spiro atoms. The van der Waals surface area contributed by atoms with Crippen molar-refractivity contribution in [3.05, 3.63) is 48.0 Å². The van der Waals surface area contributed by atoms with Gasteiger partial charge in [-0.2, -0.15) is 5.10 Å². The average molecular weight is 248 g/mol. The topological polar surface area (TPSA) is 57.4 Å². The van der Waals surface area contributed by atoms with E-state index in [2.05, 4.69) is 33.2 Å². The maximum absolute atomic E-state index is 4.67. The Kier molecular flexibility index (Phi) is 2.00. The van der Waals surface area contributed by atoms with Gasteiger partial charge in [-0.25, -0.2) is 4.98 Å². The molecule has 92 valence electrons. The first-order valence-corrected chi connectivity index (χ1v) is 6.22. The van der Waals surface area contributed by atoms with Gasteiger partial charge in [0.1, 0.15) is 5.69 Å². The fourth-order valence-corrected chi connectivity index (χ4v) is 2.43. The van der Waals surface area contributed by atoms with Crippen LogP contribution in [-0.2, 0) is 0 Å². The molecule has 0 bridgehead atoms. The van der Waals surface area contributed by atoms with E-state index in [0.29, 0.717) is 0 Å². The number of aromatic amines is 2. The van der Waals surface area contributed by atoms with Gasteiger partial charge in [0.05, 0.1) is 16.6 Å². The van der Waals surface area contributed by atoms with E-state index in [4.69, 9.17) is 0 Å². The molecule has 0 saturated heterocycles. The minimum atomic E-state index is 0.807. The number of aryl methyl sites for hydroxylation is 1. The largest absolute Gasteiger partial charge is 0.337 e. The monoisotopic (exact) mass is 248 g/mol. The molecule has 4 nitrogen and oxygen atoms in total. The molecule has 0 unspecified atom stereocenters. The highest BCUT2D eigenvalue weighted by Crippen LogP contribution is 2.26. The van der Waals surface area contributed by atoms with Crippen molar-refractivity contribution in [2.45, 2.75) is 6.92 Å². The molecule has 4 rings (SSSR count). The first kappa shape index (κ1) is 10.3. The van der Waals surface area contributed by atoms with Gasteiger partial charge < -0.3 is 4.98 Å². The summed E-state index contributed by atoms with van der Waals surface area (Å²) in [6, 6.07) is 14.2. The number of nitrogens with zero attached hydrogens (tertiary/aromatic N) is 2. The van der Waals surface area contributed by atoms with Gasteiger partial charge in [-0.3, -0.25) is 5.10 Å². The van der Waals surface area contributed by atoms with Crippen molar-refractivity contribution >= 4 is 21.9 Å². The first-order chi connectivity index (χ1) is 9.33. The van der Waals surface area contributed by atoms with E-state index in [1.807, 2.05) is 36.4 Å². The molecule has 0 amide bonds. The highest BCUT2D eigenvalue weighted by Gasteiger charge is 2.12. The SMILES string of the molecule is Cc1cccc2[nH]c(-c3n[nH]c4ccccc34)nc12. The van der Waals surface area contributed by atoms with Gasteiger partial charge in [-0.05, 0) is 24.6 Å². The molecule has 0 fully saturated rings. The van der Waals surface area contributed by atoms with E-state index in [0.717, 1.165) is 33.5 Å². The maximum atomic E-state index is 4.67. The number of H-pyrrole nitrogens is 2. The Balaban J connectivity index is 2.02. The van der Waals surface area contributed by atoms with Crippen LogP contribution in [0.4, 0.5) is 0 Å². The highest BCUT2D eigenvalue weighted by atomic mass is 15.1. The van der Waals surface area contributed by atoms with Gasteiger partial charge in [0.2, 0.25) is 0 Å². The normalized spacial score (nSPS) is 11.4. The number of aromatic nitrogens is 4. The predicted molar refractivity (Wildman–Crippen MR) is 75.9 cm³/mol. The van der Waals surface area contributed by atoms with E-state index >= 15 is 0 Å². The summed E-state index contributed by atoms with van der Waals surface area (Å²) in [5, 5.41) is 8.49. The standard InChI is InChI=1S/C15H12N4/c1-9-5-4-8-12-13(9)17-15(16-12)14-10-6-2-3-7-11(10)18-19-14/h2-8H,1H3,(H,16,17)(H,18,19). The van der Waals surface area contributed by atoms with Crippen LogP contribution in [0.5, 0.6) is 0 Å². The molecular formula is C15H12N4. The van der Waals surface area contributed by atoms with Crippen molar-refractivity contribution in [2.24, 2.45) is 0 Å². The summed E-state index contributed by atoms with van der Waals surface area (Å²) in [6.45, 7) is 2.07. The molecule has 4 heteroatoms. The number of hydrogen-bond acceptors (Lipinski definition) is 2. The zero-order valence-corrected chi connectivity index (χ0v) is 10.4. The van der Waals surface area contributed by atoms with Crippen molar-refractivity contribution in [2.75, 3.05) is 0 Å². The van der Waals surface area contributed by atoms with Gasteiger partial charge in [-0.15, -0.1) is 0 Å². The number of nitrogens with one attached hydrogen (secondary N) is 2. The van der Waals surface area contributed by atoms with E-state index in [1.165, 1.54) is 5.56 Å². The summed E-state index contributed by atoms with van der Waals surface area (Å²) in [5.74, 6) is 0.807. The van der Waals surface area contributed by atoms with Crippen LogP contribution < -0.4 is 0 Å². The van der Waals surface area contributed by atoms with Crippen LogP contribution in [0.25, 0.3) is 33.5 Å². The molecular weight excluding hydrogens is 236 g/mol. The summed E-state index contributed by atoms with van der Waals surface area (Å²) in [4.78, 5) is 8.00. The van der Waals surface area contributed by atoms with Crippen molar-refractivity contribution in [1.29, 1.82) is 0 Å². The third-order valence-electron chi connectivity index (χ3n) is 3.41. The number of para-hydroxylation sites is 2. The lowest BCUT2D eigenvalue weighted by Crippen LogP contribution is -1.81. The Bertz CT molecular complexity index is 885. The lowest BCUT2D eigenvalue weighted by Gasteiger charge is -1.91. The Hall–Kier alpha value is -2.62. The molecule has 2 aromatic heterocycles. The second-order valence-corrected chi connectivity index (χ2v) is 4.67. The second kappa shape index (κ2) is 3.68. The molecule has 0 aliphatic rings. The first-order valence-electron chi connectivity index (χ1n) is 6.22. The zero-order valence-electron chi connectivity index (χ0n) is 10.4. The number of hydrogen-bond donors (Lipinski definition) is 2. The average Bonchev–Trinajstić information content (AvgIpc) is 3.02. The number of fused-ring (bicyclic) bond motifs is 2. The van der Waals surface area contributed by atoms with Crippen molar-refractivity contribution in [3.8, 4) is 11.5 Å². The molecule has 4 aromatic rings. The number of rotatable bonds is 1. The molecule has 19 heavy (non-hydrogen) atoms. The molecule has 2 N–H and O–H groups in total. The number of imidazole rings is 1. The molecule has 2 aromatic carbocycles. The molecule has 0 atom stereocenters.